The molecule has 1 heterocycles. The molecule has 0 fully saturated rings. The fourth-order valence-corrected chi connectivity index (χ4v) is 3.08. The first-order chi connectivity index (χ1) is 9.79. The monoisotopic (exact) mass is 329 g/mol. The lowest BCUT2D eigenvalue weighted by Crippen LogP contribution is -2.26. The van der Waals surface area contributed by atoms with Gasteiger partial charge < -0.3 is 9.52 Å². The summed E-state index contributed by atoms with van der Waals surface area (Å²) in [4.78, 5) is 10.7. The lowest BCUT2D eigenvalue weighted by atomic mass is 10.1. The van der Waals surface area contributed by atoms with Crippen molar-refractivity contribution in [2.24, 2.45) is 0 Å². The Labute approximate surface area is 126 Å². The van der Waals surface area contributed by atoms with Crippen LogP contribution < -0.4 is 4.72 Å². The molecule has 1 aromatic heterocycles. The Morgan fingerprint density at radius 3 is 2.62 bits per heavy atom. The zero-order chi connectivity index (χ0) is 15.6. The Morgan fingerprint density at radius 2 is 2.05 bits per heavy atom. The molecule has 2 N–H and O–H groups in total. The summed E-state index contributed by atoms with van der Waals surface area (Å²) in [5.41, 5.74) is 0.677. The van der Waals surface area contributed by atoms with Crippen LogP contribution in [0.25, 0.3) is 0 Å². The topological polar surface area (TPSA) is 96.6 Å². The first kappa shape index (κ1) is 15.6. The molecular weight excluding hydrogens is 318 g/mol. The molecule has 1 aromatic carbocycles. The summed E-state index contributed by atoms with van der Waals surface area (Å²) in [6, 6.07) is 8.38. The van der Waals surface area contributed by atoms with Gasteiger partial charge in [0.15, 0.2) is 0 Å². The maximum absolute atomic E-state index is 12.1. The van der Waals surface area contributed by atoms with E-state index in [0.717, 1.165) is 12.1 Å². The van der Waals surface area contributed by atoms with E-state index >= 15 is 0 Å². The molecule has 112 valence electrons. The Balaban J connectivity index is 2.22. The highest BCUT2D eigenvalue weighted by atomic mass is 35.5. The van der Waals surface area contributed by atoms with E-state index in [0.29, 0.717) is 10.6 Å². The van der Waals surface area contributed by atoms with Crippen molar-refractivity contribution in [2.75, 3.05) is 0 Å². The normalized spacial score (nSPS) is 13.0. The zero-order valence-corrected chi connectivity index (χ0v) is 12.5. The van der Waals surface area contributed by atoms with Gasteiger partial charge in [-0.1, -0.05) is 23.7 Å². The number of carboxylic acid groups (broad SMARTS) is 1. The molecule has 0 aliphatic rings. The fraction of sp³-hybridized carbons (Fsp3) is 0.154. The summed E-state index contributed by atoms with van der Waals surface area (Å²) < 4.78 is 31.4. The summed E-state index contributed by atoms with van der Waals surface area (Å²) in [6.45, 7) is 1.64. The van der Waals surface area contributed by atoms with E-state index in [1.165, 1.54) is 0 Å². The lowest BCUT2D eigenvalue weighted by molar-refractivity contribution is 0.0656. The average Bonchev–Trinajstić information content (AvgIpc) is 2.88. The van der Waals surface area contributed by atoms with Crippen LogP contribution in [0.1, 0.15) is 29.1 Å². The molecule has 1 atom stereocenters. The summed E-state index contributed by atoms with van der Waals surface area (Å²) >= 11 is 5.85. The van der Waals surface area contributed by atoms with Crippen molar-refractivity contribution in [3.63, 3.8) is 0 Å². The van der Waals surface area contributed by atoms with Crippen molar-refractivity contribution in [3.05, 3.63) is 52.7 Å². The molecule has 0 aliphatic carbocycles. The van der Waals surface area contributed by atoms with Crippen molar-refractivity contribution in [1.82, 2.24) is 4.72 Å². The first-order valence-corrected chi connectivity index (χ1v) is 7.76. The van der Waals surface area contributed by atoms with Gasteiger partial charge in [0.1, 0.15) is 0 Å². The van der Waals surface area contributed by atoms with Crippen LogP contribution in [0.2, 0.25) is 5.02 Å². The summed E-state index contributed by atoms with van der Waals surface area (Å²) in [7, 11) is -3.96. The number of hydrogen-bond acceptors (Lipinski definition) is 4. The third-order valence-corrected chi connectivity index (χ3v) is 4.39. The predicted octanol–water partition coefficient (Wildman–Crippen LogP) is 2.67. The first-order valence-electron chi connectivity index (χ1n) is 5.90. The van der Waals surface area contributed by atoms with Gasteiger partial charge in [-0.15, -0.1) is 0 Å². The Bertz CT molecular complexity index is 768. The van der Waals surface area contributed by atoms with Gasteiger partial charge in [-0.3, -0.25) is 0 Å². The largest absolute Gasteiger partial charge is 0.475 e. The number of halogens is 1. The number of furan rings is 1. The van der Waals surface area contributed by atoms with Gasteiger partial charge in [0.25, 0.3) is 10.0 Å². The van der Waals surface area contributed by atoms with Gasteiger partial charge in [-0.05, 0) is 36.8 Å². The number of benzene rings is 1. The van der Waals surface area contributed by atoms with Crippen LogP contribution in [0.5, 0.6) is 0 Å². The number of carboxylic acids is 1. The molecule has 0 spiro atoms. The molecule has 0 aliphatic heterocycles. The number of rotatable bonds is 5. The number of sulfonamides is 1. The summed E-state index contributed by atoms with van der Waals surface area (Å²) in [5, 5.41) is 8.77. The third kappa shape index (κ3) is 3.63. The Morgan fingerprint density at radius 1 is 1.33 bits per heavy atom. The highest BCUT2D eigenvalue weighted by molar-refractivity contribution is 7.89. The Kier molecular flexibility index (Phi) is 4.36. The minimum atomic E-state index is -3.96. The maximum Gasteiger partial charge on any atom is 0.371 e. The van der Waals surface area contributed by atoms with Gasteiger partial charge in [-0.2, -0.15) is 0 Å². The number of carbonyl (C=O) groups is 1. The van der Waals surface area contributed by atoms with Crippen molar-refractivity contribution in [2.45, 2.75) is 18.1 Å². The molecule has 0 saturated carbocycles. The predicted molar refractivity (Wildman–Crippen MR) is 75.9 cm³/mol. The molecule has 21 heavy (non-hydrogen) atoms. The second-order valence-corrected chi connectivity index (χ2v) is 6.40. The molecule has 0 amide bonds. The average molecular weight is 330 g/mol. The Hall–Kier alpha value is -1.83. The van der Waals surface area contributed by atoms with E-state index < -0.39 is 32.9 Å². The second-order valence-electron chi connectivity index (χ2n) is 4.32. The van der Waals surface area contributed by atoms with E-state index in [1.807, 2.05) is 0 Å². The van der Waals surface area contributed by atoms with Gasteiger partial charge >= 0.3 is 5.97 Å². The van der Waals surface area contributed by atoms with Crippen LogP contribution in [-0.4, -0.2) is 19.5 Å². The van der Waals surface area contributed by atoms with Crippen LogP contribution in [-0.2, 0) is 10.0 Å². The quantitative estimate of drug-likeness (QED) is 0.879. The maximum atomic E-state index is 12.1. The molecule has 0 bridgehead atoms. The molecule has 0 unspecified atom stereocenters. The van der Waals surface area contributed by atoms with Crippen LogP contribution >= 0.6 is 11.6 Å². The molecule has 2 rings (SSSR count). The van der Waals surface area contributed by atoms with Crippen molar-refractivity contribution >= 4 is 27.6 Å². The number of nitrogens with one attached hydrogen (secondary N) is 1. The van der Waals surface area contributed by atoms with Crippen molar-refractivity contribution < 1.29 is 22.7 Å². The molecule has 2 aromatic rings. The third-order valence-electron chi connectivity index (χ3n) is 2.74. The lowest BCUT2D eigenvalue weighted by Gasteiger charge is -2.13. The molecule has 0 saturated heterocycles. The fourth-order valence-electron chi connectivity index (χ4n) is 1.71. The number of hydrogen-bond donors (Lipinski definition) is 2. The highest BCUT2D eigenvalue weighted by Crippen LogP contribution is 2.21. The van der Waals surface area contributed by atoms with Crippen molar-refractivity contribution in [3.8, 4) is 0 Å². The van der Waals surface area contributed by atoms with Crippen LogP contribution in [0.3, 0.4) is 0 Å². The molecule has 0 radical (unpaired) electrons. The van der Waals surface area contributed by atoms with E-state index in [1.54, 1.807) is 31.2 Å². The van der Waals surface area contributed by atoms with Crippen LogP contribution in [0, 0.1) is 0 Å². The SMILES string of the molecule is C[C@H](NS(=O)(=O)c1ccc(C(=O)O)o1)c1cccc(Cl)c1. The van der Waals surface area contributed by atoms with Crippen molar-refractivity contribution in [1.29, 1.82) is 0 Å². The summed E-state index contributed by atoms with van der Waals surface area (Å²) in [6.07, 6.45) is 0. The standard InChI is InChI=1S/C13H12ClNO5S/c1-8(9-3-2-4-10(14)7-9)15-21(18,19)12-6-5-11(20-12)13(16)17/h2-8,15H,1H3,(H,16,17)/t8-/m0/s1. The van der Waals surface area contributed by atoms with Gasteiger partial charge in [0, 0.05) is 11.1 Å². The zero-order valence-electron chi connectivity index (χ0n) is 10.9. The minimum Gasteiger partial charge on any atom is -0.475 e. The van der Waals surface area contributed by atoms with Gasteiger partial charge in [-0.25, -0.2) is 17.9 Å². The minimum absolute atomic E-state index is 0.439. The number of aromatic carboxylic acids is 1. The highest BCUT2D eigenvalue weighted by Gasteiger charge is 2.23. The molecule has 8 heteroatoms. The van der Waals surface area contributed by atoms with Crippen LogP contribution in [0.4, 0.5) is 0 Å². The van der Waals surface area contributed by atoms with E-state index in [4.69, 9.17) is 21.1 Å². The van der Waals surface area contributed by atoms with Crippen LogP contribution in [0.15, 0.2) is 45.9 Å². The van der Waals surface area contributed by atoms with E-state index in [9.17, 15) is 13.2 Å². The molecular formula is C13H12ClNO5S. The van der Waals surface area contributed by atoms with E-state index in [-0.39, 0.29) is 0 Å². The summed E-state index contributed by atoms with van der Waals surface area (Å²) in [5.74, 6) is -1.77. The molecule has 6 nitrogen and oxygen atoms in total. The smallest absolute Gasteiger partial charge is 0.371 e. The van der Waals surface area contributed by atoms with Gasteiger partial charge in [0.2, 0.25) is 10.9 Å². The second kappa shape index (κ2) is 5.88. The van der Waals surface area contributed by atoms with E-state index in [2.05, 4.69) is 4.72 Å². The van der Waals surface area contributed by atoms with Gasteiger partial charge in [0.05, 0.1) is 0 Å².